The van der Waals surface area contributed by atoms with Gasteiger partial charge in [-0.15, -0.1) is 5.10 Å². The van der Waals surface area contributed by atoms with Crippen LogP contribution in [0.1, 0.15) is 13.8 Å². The van der Waals surface area contributed by atoms with Crippen LogP contribution in [0.15, 0.2) is 29.1 Å². The largest absolute Gasteiger partial charge is 0.450 e. The fraction of sp³-hybridized carbons (Fsp3) is 0.316. The van der Waals surface area contributed by atoms with E-state index in [-0.39, 0.29) is 33.8 Å². The zero-order valence-electron chi connectivity index (χ0n) is 17.4. The number of nitrogens with zero attached hydrogens (tertiary/aromatic N) is 4. The van der Waals surface area contributed by atoms with E-state index in [0.29, 0.717) is 12.2 Å². The molecule has 0 saturated carbocycles. The van der Waals surface area contributed by atoms with Crippen LogP contribution in [0.3, 0.4) is 0 Å². The number of hydrogen-bond acceptors (Lipinski definition) is 9. The lowest BCUT2D eigenvalue weighted by molar-refractivity contribution is -0.123. The Hall–Kier alpha value is -3.33. The lowest BCUT2D eigenvalue weighted by atomic mass is 10.3. The summed E-state index contributed by atoms with van der Waals surface area (Å²) in [5.41, 5.74) is 2.85. The Bertz CT molecular complexity index is 1080. The van der Waals surface area contributed by atoms with Crippen LogP contribution in [0.4, 0.5) is 10.5 Å². The normalized spacial score (nSPS) is 11.4. The van der Waals surface area contributed by atoms with Gasteiger partial charge < -0.3 is 14.9 Å². The first-order valence-corrected chi connectivity index (χ1v) is 10.1. The maximum atomic E-state index is 12.1. The quantitative estimate of drug-likeness (QED) is 0.543. The van der Waals surface area contributed by atoms with E-state index >= 15 is 0 Å². The molecule has 0 aliphatic rings. The Morgan fingerprint density at radius 1 is 1.28 bits per heavy atom. The summed E-state index contributed by atoms with van der Waals surface area (Å²) in [4.78, 5) is 35.2. The molecule has 0 spiro atoms. The molecule has 0 aliphatic carbocycles. The summed E-state index contributed by atoms with van der Waals surface area (Å²) < 4.78 is 11.5. The molecule has 0 radical (unpaired) electrons. The van der Waals surface area contributed by atoms with E-state index in [1.807, 2.05) is 5.32 Å². The van der Waals surface area contributed by atoms with Gasteiger partial charge in [-0.3, -0.25) is 14.9 Å². The van der Waals surface area contributed by atoms with E-state index in [1.54, 1.807) is 19.9 Å². The molecule has 0 bridgehead atoms. The predicted molar refractivity (Wildman–Crippen MR) is 117 cm³/mol. The van der Waals surface area contributed by atoms with Crippen LogP contribution in [0.25, 0.3) is 0 Å². The molecule has 1 aromatic heterocycles. The lowest BCUT2D eigenvalue weighted by Gasteiger charge is -2.23. The van der Waals surface area contributed by atoms with Gasteiger partial charge in [-0.05, 0) is 26.0 Å². The van der Waals surface area contributed by atoms with Crippen LogP contribution in [-0.4, -0.2) is 46.5 Å². The molecular weight excluding hydrogens is 463 g/mol. The molecule has 0 aliphatic heterocycles. The lowest BCUT2D eigenvalue weighted by Crippen LogP contribution is -2.48. The first-order chi connectivity index (χ1) is 15.2. The minimum Gasteiger partial charge on any atom is -0.450 e. The smallest absolute Gasteiger partial charge is 0.413 e. The molecule has 1 atom stereocenters. The van der Waals surface area contributed by atoms with E-state index in [0.717, 1.165) is 5.01 Å². The number of aromatic nitrogens is 2. The van der Waals surface area contributed by atoms with Gasteiger partial charge in [-0.25, -0.2) is 14.5 Å². The highest BCUT2D eigenvalue weighted by Gasteiger charge is 2.25. The van der Waals surface area contributed by atoms with Crippen LogP contribution in [0.5, 0.6) is 11.6 Å². The van der Waals surface area contributed by atoms with E-state index < -0.39 is 18.0 Å². The van der Waals surface area contributed by atoms with E-state index in [1.165, 1.54) is 36.0 Å². The van der Waals surface area contributed by atoms with Crippen LogP contribution >= 0.6 is 23.2 Å². The standard InChI is InChI=1S/C19H20Cl2N6O5/c1-4-27-16(28)7-6-15(25-27)32-17-12(20)8-11(9-13(17)21)24-26(3)14(10-22)18(29)23-19(30)31-5-2/h6-9,14,24H,4-5H2,1-3H3,(H,23,29,30). The maximum absolute atomic E-state index is 12.1. The van der Waals surface area contributed by atoms with Crippen molar-refractivity contribution < 1.29 is 19.1 Å². The molecule has 11 nitrogen and oxygen atoms in total. The molecule has 0 saturated heterocycles. The molecular formula is C19H20Cl2N6O5. The second kappa shape index (κ2) is 11.3. The molecule has 1 aromatic carbocycles. The summed E-state index contributed by atoms with van der Waals surface area (Å²) in [5.74, 6) is -0.657. The number of nitrogens with one attached hydrogen (secondary N) is 2. The van der Waals surface area contributed by atoms with Crippen LogP contribution in [0, 0.1) is 11.3 Å². The summed E-state index contributed by atoms with van der Waals surface area (Å²) in [6.45, 7) is 3.77. The Morgan fingerprint density at radius 3 is 2.50 bits per heavy atom. The number of ether oxygens (including phenoxy) is 2. The number of hydrogen-bond donors (Lipinski definition) is 2. The third-order valence-corrected chi connectivity index (χ3v) is 4.47. The van der Waals surface area contributed by atoms with Crippen LogP contribution < -0.4 is 21.0 Å². The summed E-state index contributed by atoms with van der Waals surface area (Å²) in [6.07, 6.45) is -0.957. The SMILES string of the molecule is CCOC(=O)NC(=O)C(C#N)N(C)Nc1cc(Cl)c(Oc2ccc(=O)n(CC)n2)c(Cl)c1. The Morgan fingerprint density at radius 2 is 1.94 bits per heavy atom. The number of carbonyl (C=O) groups excluding carboxylic acids is 2. The van der Waals surface area contributed by atoms with Crippen LogP contribution in [-0.2, 0) is 16.1 Å². The summed E-state index contributed by atoms with van der Waals surface area (Å²) in [7, 11) is 1.42. The molecule has 170 valence electrons. The fourth-order valence-electron chi connectivity index (χ4n) is 2.46. The molecule has 13 heteroatoms. The first-order valence-electron chi connectivity index (χ1n) is 9.31. The average molecular weight is 483 g/mol. The molecule has 2 aromatic rings. The molecule has 2 N–H and O–H groups in total. The van der Waals surface area contributed by atoms with Gasteiger partial charge in [0.15, 0.2) is 11.8 Å². The first kappa shape index (κ1) is 24.9. The minimum atomic E-state index is -1.37. The van der Waals surface area contributed by atoms with Crippen LogP contribution in [0.2, 0.25) is 10.0 Å². The van der Waals surface area contributed by atoms with Gasteiger partial charge in [0.2, 0.25) is 5.88 Å². The molecule has 1 unspecified atom stereocenters. The monoisotopic (exact) mass is 482 g/mol. The number of halogens is 2. The third-order valence-electron chi connectivity index (χ3n) is 3.91. The number of aryl methyl sites for hydroxylation is 1. The van der Waals surface area contributed by atoms with Crippen molar-refractivity contribution in [3.63, 3.8) is 0 Å². The Balaban J connectivity index is 2.16. The number of imide groups is 1. The number of likely N-dealkylation sites (N-methyl/N-ethyl adjacent to an activating group) is 1. The van der Waals surface area contributed by atoms with Crippen molar-refractivity contribution in [2.24, 2.45) is 0 Å². The van der Waals surface area contributed by atoms with Gasteiger partial charge in [0, 0.05) is 25.7 Å². The molecule has 2 rings (SSSR count). The Kier molecular flexibility index (Phi) is 8.83. The maximum Gasteiger partial charge on any atom is 0.413 e. The number of benzene rings is 1. The van der Waals surface area contributed by atoms with Crippen molar-refractivity contribution in [1.82, 2.24) is 20.1 Å². The van der Waals surface area contributed by atoms with Crippen molar-refractivity contribution in [3.05, 3.63) is 44.7 Å². The number of nitriles is 1. The van der Waals surface area contributed by atoms with Gasteiger partial charge >= 0.3 is 6.09 Å². The second-order valence-corrected chi connectivity index (χ2v) is 6.98. The minimum absolute atomic E-state index is 0.0742. The highest BCUT2D eigenvalue weighted by atomic mass is 35.5. The zero-order chi connectivity index (χ0) is 23.8. The topological polar surface area (TPSA) is 139 Å². The highest BCUT2D eigenvalue weighted by Crippen LogP contribution is 2.38. The van der Waals surface area contributed by atoms with Gasteiger partial charge in [0.25, 0.3) is 11.5 Å². The summed E-state index contributed by atoms with van der Waals surface area (Å²) >= 11 is 12.6. The average Bonchev–Trinajstić information content (AvgIpc) is 2.72. The van der Waals surface area contributed by atoms with E-state index in [2.05, 4.69) is 15.3 Å². The molecule has 2 amide bonds. The van der Waals surface area contributed by atoms with Gasteiger partial charge in [0.1, 0.15) is 0 Å². The Labute approximate surface area is 193 Å². The van der Waals surface area contributed by atoms with Crippen molar-refractivity contribution in [1.29, 1.82) is 5.26 Å². The van der Waals surface area contributed by atoms with Crippen molar-refractivity contribution in [2.45, 2.75) is 26.4 Å². The summed E-state index contributed by atoms with van der Waals surface area (Å²) in [6, 6.07) is 6.01. The highest BCUT2D eigenvalue weighted by molar-refractivity contribution is 6.37. The number of rotatable bonds is 8. The van der Waals surface area contributed by atoms with E-state index in [4.69, 9.17) is 27.9 Å². The number of alkyl carbamates (subject to hydrolysis) is 1. The number of amides is 2. The van der Waals surface area contributed by atoms with Gasteiger partial charge in [-0.2, -0.15) is 5.26 Å². The van der Waals surface area contributed by atoms with Gasteiger partial charge in [-0.1, -0.05) is 23.2 Å². The second-order valence-electron chi connectivity index (χ2n) is 6.16. The van der Waals surface area contributed by atoms with Crippen molar-refractivity contribution >= 4 is 40.9 Å². The molecule has 1 heterocycles. The van der Waals surface area contributed by atoms with Gasteiger partial charge in [0.05, 0.1) is 28.4 Å². The number of carbonyl (C=O) groups is 2. The fourth-order valence-corrected chi connectivity index (χ4v) is 3.03. The van der Waals surface area contributed by atoms with Crippen molar-refractivity contribution in [3.8, 4) is 17.7 Å². The summed E-state index contributed by atoms with van der Waals surface area (Å²) in [5, 5.41) is 16.7. The zero-order valence-corrected chi connectivity index (χ0v) is 18.9. The third kappa shape index (κ3) is 6.34. The number of anilines is 1. The van der Waals surface area contributed by atoms with Crippen molar-refractivity contribution in [2.75, 3.05) is 19.1 Å². The predicted octanol–water partition coefficient (Wildman–Crippen LogP) is 2.79. The molecule has 0 fully saturated rings. The number of hydrazine groups is 1. The van der Waals surface area contributed by atoms with E-state index in [9.17, 15) is 19.6 Å². The molecule has 32 heavy (non-hydrogen) atoms.